The summed E-state index contributed by atoms with van der Waals surface area (Å²) in [5.41, 5.74) is 0. The third kappa shape index (κ3) is 3.30. The second-order valence-corrected chi connectivity index (χ2v) is 4.85. The fourth-order valence-electron chi connectivity index (χ4n) is 2.59. The van der Waals surface area contributed by atoms with Crippen molar-refractivity contribution >= 4 is 0 Å². The number of rotatable bonds is 6. The molecule has 96 valence electrons. The third-order valence-electron chi connectivity index (χ3n) is 3.61. The molecule has 1 aliphatic heterocycles. The lowest BCUT2D eigenvalue weighted by atomic mass is 10.2. The van der Waals surface area contributed by atoms with Crippen molar-refractivity contribution in [3.8, 4) is 0 Å². The molecule has 0 radical (unpaired) electrons. The Morgan fingerprint density at radius 1 is 1.53 bits per heavy atom. The quantitative estimate of drug-likeness (QED) is 0.807. The number of nitrogens with zero attached hydrogens (tertiary/aromatic N) is 3. The van der Waals surface area contributed by atoms with Crippen LogP contribution in [-0.2, 0) is 6.54 Å². The molecule has 1 aromatic heterocycles. The summed E-state index contributed by atoms with van der Waals surface area (Å²) in [7, 11) is 0. The van der Waals surface area contributed by atoms with E-state index in [2.05, 4.69) is 39.8 Å². The molecule has 2 heterocycles. The molecule has 0 spiro atoms. The maximum absolute atomic E-state index is 4.27. The van der Waals surface area contributed by atoms with Gasteiger partial charge in [0.2, 0.25) is 0 Å². The lowest BCUT2D eigenvalue weighted by molar-refractivity contribution is 0.200. The van der Waals surface area contributed by atoms with Gasteiger partial charge < -0.3 is 9.88 Å². The molecule has 1 fully saturated rings. The Balaban J connectivity index is 1.86. The van der Waals surface area contributed by atoms with Gasteiger partial charge >= 0.3 is 0 Å². The predicted octanol–water partition coefficient (Wildman–Crippen LogP) is 1.27. The van der Waals surface area contributed by atoms with Gasteiger partial charge in [0.25, 0.3) is 0 Å². The van der Waals surface area contributed by atoms with E-state index in [-0.39, 0.29) is 0 Å². The van der Waals surface area contributed by atoms with Gasteiger partial charge in [-0.3, -0.25) is 4.90 Å². The van der Waals surface area contributed by atoms with Crippen LogP contribution in [0.4, 0.5) is 0 Å². The highest BCUT2D eigenvalue weighted by molar-refractivity contribution is 4.89. The molecule has 0 aromatic carbocycles. The molecule has 1 unspecified atom stereocenters. The maximum Gasteiger partial charge on any atom is 0.105 e. The highest BCUT2D eigenvalue weighted by Gasteiger charge is 2.21. The highest BCUT2D eigenvalue weighted by Crippen LogP contribution is 2.09. The molecule has 1 atom stereocenters. The molecule has 0 aliphatic carbocycles. The number of hydrogen-bond acceptors (Lipinski definition) is 3. The minimum Gasteiger partial charge on any atom is -0.334 e. The van der Waals surface area contributed by atoms with Crippen molar-refractivity contribution in [3.05, 3.63) is 18.2 Å². The summed E-state index contributed by atoms with van der Waals surface area (Å²) in [6.07, 6.45) is 6.49. The lowest BCUT2D eigenvalue weighted by Crippen LogP contribution is -2.39. The van der Waals surface area contributed by atoms with Gasteiger partial charge in [0.1, 0.15) is 5.82 Å². The highest BCUT2D eigenvalue weighted by atomic mass is 15.2. The van der Waals surface area contributed by atoms with Crippen molar-refractivity contribution in [1.29, 1.82) is 0 Å². The molecular weight excluding hydrogens is 212 g/mol. The Labute approximate surface area is 104 Å². The first kappa shape index (κ1) is 12.6. The number of aromatic nitrogens is 2. The van der Waals surface area contributed by atoms with Gasteiger partial charge in [-0.1, -0.05) is 6.92 Å². The van der Waals surface area contributed by atoms with E-state index in [9.17, 15) is 0 Å². The van der Waals surface area contributed by atoms with E-state index in [0.717, 1.165) is 31.5 Å². The molecule has 4 heteroatoms. The first-order chi connectivity index (χ1) is 8.31. The molecule has 4 nitrogen and oxygen atoms in total. The van der Waals surface area contributed by atoms with Crippen LogP contribution in [0, 0.1) is 6.92 Å². The monoisotopic (exact) mass is 236 g/mol. The minimum atomic E-state index is 0.735. The van der Waals surface area contributed by atoms with Gasteiger partial charge in [-0.25, -0.2) is 4.98 Å². The van der Waals surface area contributed by atoms with Crippen molar-refractivity contribution in [2.75, 3.05) is 26.2 Å². The van der Waals surface area contributed by atoms with Crippen LogP contribution in [-0.4, -0.2) is 46.7 Å². The topological polar surface area (TPSA) is 33.1 Å². The van der Waals surface area contributed by atoms with Crippen molar-refractivity contribution in [2.24, 2.45) is 0 Å². The predicted molar refractivity (Wildman–Crippen MR) is 70.1 cm³/mol. The number of hydrogen-bond donors (Lipinski definition) is 1. The first-order valence-corrected chi connectivity index (χ1v) is 6.73. The summed E-state index contributed by atoms with van der Waals surface area (Å²) >= 11 is 0. The van der Waals surface area contributed by atoms with Crippen molar-refractivity contribution in [3.63, 3.8) is 0 Å². The lowest BCUT2D eigenvalue weighted by Gasteiger charge is -2.28. The summed E-state index contributed by atoms with van der Waals surface area (Å²) < 4.78 is 2.24. The van der Waals surface area contributed by atoms with E-state index < -0.39 is 0 Å². The Morgan fingerprint density at radius 2 is 2.41 bits per heavy atom. The van der Waals surface area contributed by atoms with Crippen molar-refractivity contribution in [1.82, 2.24) is 19.8 Å². The Morgan fingerprint density at radius 3 is 3.00 bits per heavy atom. The van der Waals surface area contributed by atoms with E-state index in [0.29, 0.717) is 0 Å². The smallest absolute Gasteiger partial charge is 0.105 e. The van der Waals surface area contributed by atoms with Gasteiger partial charge in [-0.05, 0) is 32.9 Å². The molecular formula is C13H24N4. The Hall–Kier alpha value is -0.870. The summed E-state index contributed by atoms with van der Waals surface area (Å²) in [4.78, 5) is 6.89. The van der Waals surface area contributed by atoms with E-state index >= 15 is 0 Å². The fraction of sp³-hybridized carbons (Fsp3) is 0.769. The molecule has 0 saturated carbocycles. The number of imidazole rings is 1. The molecule has 17 heavy (non-hydrogen) atoms. The SMILES string of the molecule is CCCN(CCn1ccnc1C)C1CCNC1. The maximum atomic E-state index is 4.27. The van der Waals surface area contributed by atoms with Gasteiger partial charge in [0.05, 0.1) is 0 Å². The third-order valence-corrected chi connectivity index (χ3v) is 3.61. The Bertz CT molecular complexity index is 328. The zero-order valence-electron chi connectivity index (χ0n) is 11.0. The van der Waals surface area contributed by atoms with Crippen LogP contribution in [0.2, 0.25) is 0 Å². The van der Waals surface area contributed by atoms with E-state index in [4.69, 9.17) is 0 Å². The normalized spacial score (nSPS) is 20.3. The Kier molecular flexibility index (Phi) is 4.57. The van der Waals surface area contributed by atoms with Crippen LogP contribution in [0.25, 0.3) is 0 Å². The van der Waals surface area contributed by atoms with Gasteiger partial charge in [-0.15, -0.1) is 0 Å². The van der Waals surface area contributed by atoms with E-state index in [1.54, 1.807) is 0 Å². The van der Waals surface area contributed by atoms with Crippen LogP contribution in [0.15, 0.2) is 12.4 Å². The van der Waals surface area contributed by atoms with Gasteiger partial charge in [0, 0.05) is 38.1 Å². The fourth-order valence-corrected chi connectivity index (χ4v) is 2.59. The number of nitrogens with one attached hydrogen (secondary N) is 1. The first-order valence-electron chi connectivity index (χ1n) is 6.73. The van der Waals surface area contributed by atoms with Crippen molar-refractivity contribution in [2.45, 2.75) is 39.3 Å². The molecule has 0 amide bonds. The molecule has 2 rings (SSSR count). The minimum absolute atomic E-state index is 0.735. The summed E-state index contributed by atoms with van der Waals surface area (Å²) in [6, 6.07) is 0.735. The van der Waals surface area contributed by atoms with Gasteiger partial charge in [0.15, 0.2) is 0 Å². The molecule has 1 aliphatic rings. The van der Waals surface area contributed by atoms with Crippen LogP contribution < -0.4 is 5.32 Å². The molecule has 0 bridgehead atoms. The average molecular weight is 236 g/mol. The number of aryl methyl sites for hydroxylation is 1. The van der Waals surface area contributed by atoms with Crippen LogP contribution in [0.3, 0.4) is 0 Å². The largest absolute Gasteiger partial charge is 0.334 e. The molecule has 1 saturated heterocycles. The van der Waals surface area contributed by atoms with Crippen LogP contribution in [0.5, 0.6) is 0 Å². The van der Waals surface area contributed by atoms with Crippen molar-refractivity contribution < 1.29 is 0 Å². The van der Waals surface area contributed by atoms with E-state index in [1.807, 2.05) is 6.20 Å². The summed E-state index contributed by atoms with van der Waals surface area (Å²) in [5.74, 6) is 1.12. The second kappa shape index (κ2) is 6.17. The molecule has 1 N–H and O–H groups in total. The summed E-state index contributed by atoms with van der Waals surface area (Å²) in [5, 5.41) is 3.45. The second-order valence-electron chi connectivity index (χ2n) is 4.85. The van der Waals surface area contributed by atoms with Crippen LogP contribution >= 0.6 is 0 Å². The van der Waals surface area contributed by atoms with E-state index in [1.165, 1.54) is 25.9 Å². The van der Waals surface area contributed by atoms with Gasteiger partial charge in [-0.2, -0.15) is 0 Å². The molecule has 1 aromatic rings. The van der Waals surface area contributed by atoms with Crippen LogP contribution in [0.1, 0.15) is 25.6 Å². The summed E-state index contributed by atoms with van der Waals surface area (Å²) in [6.45, 7) is 10.1. The average Bonchev–Trinajstić information content (AvgIpc) is 2.96. The zero-order chi connectivity index (χ0) is 12.1. The zero-order valence-corrected chi connectivity index (χ0v) is 11.0. The standard InChI is InChI=1S/C13H24N4/c1-3-7-17(13-4-5-14-11-13)10-9-16-8-6-15-12(16)2/h6,8,13-14H,3-5,7,9-11H2,1-2H3.